The first-order valence-corrected chi connectivity index (χ1v) is 8.00. The Hall–Kier alpha value is -2.43. The van der Waals surface area contributed by atoms with Gasteiger partial charge in [-0.05, 0) is 36.4 Å². The second kappa shape index (κ2) is 5.58. The third-order valence-electron chi connectivity index (χ3n) is 4.06. The van der Waals surface area contributed by atoms with Crippen LogP contribution in [0.25, 0.3) is 21.8 Å². The number of halogens is 2. The van der Waals surface area contributed by atoms with E-state index in [-0.39, 0.29) is 5.78 Å². The lowest BCUT2D eigenvalue weighted by atomic mass is 10.1. The maximum Gasteiger partial charge on any atom is 0.210 e. The van der Waals surface area contributed by atoms with E-state index in [4.69, 9.17) is 27.9 Å². The minimum Gasteiger partial charge on any atom is -0.497 e. The van der Waals surface area contributed by atoms with Gasteiger partial charge in [0, 0.05) is 33.6 Å². The maximum absolute atomic E-state index is 12.9. The minimum absolute atomic E-state index is 0.186. The van der Waals surface area contributed by atoms with Crippen molar-refractivity contribution in [3.8, 4) is 5.75 Å². The number of hydrogen-bond acceptors (Lipinski definition) is 2. The van der Waals surface area contributed by atoms with Crippen LogP contribution in [0.1, 0.15) is 16.1 Å². The van der Waals surface area contributed by atoms with Crippen molar-refractivity contribution in [2.24, 2.45) is 0 Å². The van der Waals surface area contributed by atoms with E-state index in [9.17, 15) is 4.79 Å². The number of aromatic amines is 2. The highest BCUT2D eigenvalue weighted by Crippen LogP contribution is 2.32. The van der Waals surface area contributed by atoms with E-state index < -0.39 is 0 Å². The molecule has 6 heteroatoms. The molecule has 0 amide bonds. The van der Waals surface area contributed by atoms with Gasteiger partial charge in [-0.3, -0.25) is 4.79 Å². The molecule has 4 rings (SSSR count). The second-order valence-corrected chi connectivity index (χ2v) is 6.24. The molecule has 2 heterocycles. The Balaban J connectivity index is 1.84. The van der Waals surface area contributed by atoms with Gasteiger partial charge in [0.25, 0.3) is 0 Å². The number of fused-ring (bicyclic) bond motifs is 2. The van der Waals surface area contributed by atoms with Crippen LogP contribution in [0.4, 0.5) is 0 Å². The fraction of sp³-hybridized carbons (Fsp3) is 0.0556. The second-order valence-electron chi connectivity index (χ2n) is 5.45. The average Bonchev–Trinajstić information content (AvgIpc) is 3.14. The molecule has 0 aliphatic carbocycles. The predicted octanol–water partition coefficient (Wildman–Crippen LogP) is 5.20. The summed E-state index contributed by atoms with van der Waals surface area (Å²) in [6, 6.07) is 10.8. The Morgan fingerprint density at radius 3 is 2.62 bits per heavy atom. The molecule has 2 aromatic carbocycles. The van der Waals surface area contributed by atoms with Gasteiger partial charge in [-0.2, -0.15) is 0 Å². The number of methoxy groups -OCH3 is 1. The van der Waals surface area contributed by atoms with Gasteiger partial charge in [-0.1, -0.05) is 23.2 Å². The van der Waals surface area contributed by atoms with Crippen LogP contribution in [0.3, 0.4) is 0 Å². The molecule has 0 aliphatic rings. The van der Waals surface area contributed by atoms with E-state index >= 15 is 0 Å². The largest absolute Gasteiger partial charge is 0.497 e. The lowest BCUT2D eigenvalue weighted by Gasteiger charge is -2.01. The normalized spacial score (nSPS) is 11.3. The molecule has 0 bridgehead atoms. The zero-order valence-electron chi connectivity index (χ0n) is 12.6. The topological polar surface area (TPSA) is 57.9 Å². The van der Waals surface area contributed by atoms with Crippen molar-refractivity contribution < 1.29 is 9.53 Å². The molecule has 24 heavy (non-hydrogen) atoms. The van der Waals surface area contributed by atoms with E-state index in [1.165, 1.54) is 0 Å². The Kier molecular flexibility index (Phi) is 3.52. The molecule has 0 fully saturated rings. The summed E-state index contributed by atoms with van der Waals surface area (Å²) in [5.41, 5.74) is 2.53. The van der Waals surface area contributed by atoms with Crippen molar-refractivity contribution in [2.45, 2.75) is 0 Å². The van der Waals surface area contributed by atoms with Crippen molar-refractivity contribution in [1.82, 2.24) is 9.97 Å². The summed E-state index contributed by atoms with van der Waals surface area (Å²) in [5, 5.41) is 2.51. The summed E-state index contributed by atoms with van der Waals surface area (Å²) in [5.74, 6) is 0.497. The number of aromatic nitrogens is 2. The number of carbonyl (C=O) groups is 1. The molecular formula is C18H12Cl2N2O2. The van der Waals surface area contributed by atoms with Crippen LogP contribution in [-0.4, -0.2) is 22.9 Å². The first-order valence-electron chi connectivity index (χ1n) is 7.25. The number of hydrogen-bond donors (Lipinski definition) is 2. The highest BCUT2D eigenvalue weighted by Gasteiger charge is 2.19. The summed E-state index contributed by atoms with van der Waals surface area (Å²) in [6.45, 7) is 0. The third kappa shape index (κ3) is 2.27. The van der Waals surface area contributed by atoms with Crippen molar-refractivity contribution in [1.29, 1.82) is 0 Å². The van der Waals surface area contributed by atoms with Gasteiger partial charge < -0.3 is 14.7 Å². The van der Waals surface area contributed by atoms with Crippen LogP contribution in [0.15, 0.2) is 42.6 Å². The quantitative estimate of drug-likeness (QED) is 0.494. The summed E-state index contributed by atoms with van der Waals surface area (Å²) >= 11 is 12.6. The molecule has 2 N–H and O–H groups in total. The van der Waals surface area contributed by atoms with Gasteiger partial charge in [0.1, 0.15) is 11.4 Å². The van der Waals surface area contributed by atoms with E-state index in [2.05, 4.69) is 9.97 Å². The number of ketones is 1. The van der Waals surface area contributed by atoms with Crippen LogP contribution >= 0.6 is 23.2 Å². The molecule has 0 aliphatic heterocycles. The summed E-state index contributed by atoms with van der Waals surface area (Å²) in [6.07, 6.45) is 1.70. The molecule has 0 atom stereocenters. The van der Waals surface area contributed by atoms with E-state index in [1.54, 1.807) is 31.5 Å². The van der Waals surface area contributed by atoms with Crippen molar-refractivity contribution >= 4 is 50.8 Å². The Morgan fingerprint density at radius 2 is 1.83 bits per heavy atom. The molecule has 0 spiro atoms. The van der Waals surface area contributed by atoms with E-state index in [0.717, 1.165) is 21.8 Å². The molecule has 4 nitrogen and oxygen atoms in total. The Labute approximate surface area is 147 Å². The standard InChI is InChI=1S/C18H12Cl2N2O2/c1-24-10-3-5-15-12(7-10)16(20)17(22-15)18(23)9-2-4-14-11(6-9)13(19)8-21-14/h2-8,21-22H,1H3. The number of benzene rings is 2. The molecular weight excluding hydrogens is 347 g/mol. The number of rotatable bonds is 3. The van der Waals surface area contributed by atoms with Gasteiger partial charge in [0.05, 0.1) is 17.2 Å². The van der Waals surface area contributed by atoms with Gasteiger partial charge in [0.15, 0.2) is 0 Å². The zero-order valence-corrected chi connectivity index (χ0v) is 14.1. The minimum atomic E-state index is -0.186. The highest BCUT2D eigenvalue weighted by molar-refractivity contribution is 6.40. The van der Waals surface area contributed by atoms with E-state index in [0.29, 0.717) is 27.1 Å². The number of nitrogens with one attached hydrogen (secondary N) is 2. The van der Waals surface area contributed by atoms with Crippen LogP contribution in [0.2, 0.25) is 10.0 Å². The van der Waals surface area contributed by atoms with Gasteiger partial charge >= 0.3 is 0 Å². The maximum atomic E-state index is 12.9. The van der Waals surface area contributed by atoms with Gasteiger partial charge in [0.2, 0.25) is 5.78 Å². The third-order valence-corrected chi connectivity index (χ3v) is 4.77. The Morgan fingerprint density at radius 1 is 1.04 bits per heavy atom. The molecule has 0 radical (unpaired) electrons. The van der Waals surface area contributed by atoms with Crippen molar-refractivity contribution in [3.63, 3.8) is 0 Å². The number of H-pyrrole nitrogens is 2. The predicted molar refractivity (Wildman–Crippen MR) is 96.6 cm³/mol. The molecule has 0 saturated heterocycles. The van der Waals surface area contributed by atoms with Crippen molar-refractivity contribution in [2.75, 3.05) is 7.11 Å². The van der Waals surface area contributed by atoms with Crippen LogP contribution in [0.5, 0.6) is 5.75 Å². The highest BCUT2D eigenvalue weighted by atomic mass is 35.5. The van der Waals surface area contributed by atoms with E-state index in [1.807, 2.05) is 18.2 Å². The SMILES string of the molecule is COc1ccc2[nH]c(C(=O)c3ccc4[nH]cc(Cl)c4c3)c(Cl)c2c1. The smallest absolute Gasteiger partial charge is 0.210 e. The molecule has 2 aromatic heterocycles. The van der Waals surface area contributed by atoms with Crippen LogP contribution in [0, 0.1) is 0 Å². The van der Waals surface area contributed by atoms with Gasteiger partial charge in [-0.15, -0.1) is 0 Å². The summed E-state index contributed by atoms with van der Waals surface area (Å²) in [7, 11) is 1.59. The molecule has 0 saturated carbocycles. The first-order chi connectivity index (χ1) is 11.6. The molecule has 4 aromatic rings. The van der Waals surface area contributed by atoms with Crippen molar-refractivity contribution in [3.05, 3.63) is 63.9 Å². The zero-order chi connectivity index (χ0) is 16.8. The fourth-order valence-electron chi connectivity index (χ4n) is 2.79. The van der Waals surface area contributed by atoms with Crippen LogP contribution in [-0.2, 0) is 0 Å². The lowest BCUT2D eigenvalue weighted by Crippen LogP contribution is -2.02. The van der Waals surface area contributed by atoms with Crippen LogP contribution < -0.4 is 4.74 Å². The van der Waals surface area contributed by atoms with Gasteiger partial charge in [-0.25, -0.2) is 0 Å². The first kappa shape index (κ1) is 15.1. The Bertz CT molecular complexity index is 1100. The monoisotopic (exact) mass is 358 g/mol. The molecule has 120 valence electrons. The number of carbonyl (C=O) groups excluding carboxylic acids is 1. The fourth-order valence-corrected chi connectivity index (χ4v) is 3.29. The summed E-state index contributed by atoms with van der Waals surface area (Å²) < 4.78 is 5.21. The number of ether oxygens (including phenoxy) is 1. The lowest BCUT2D eigenvalue weighted by molar-refractivity contribution is 0.103. The molecule has 0 unspecified atom stereocenters. The average molecular weight is 359 g/mol. The summed E-state index contributed by atoms with van der Waals surface area (Å²) in [4.78, 5) is 19.0.